The second-order valence-electron chi connectivity index (χ2n) is 3.15. The van der Waals surface area contributed by atoms with E-state index in [4.69, 9.17) is 5.73 Å². The normalized spacial score (nSPS) is 11.2. The Morgan fingerprint density at radius 1 is 1.55 bits per heavy atom. The van der Waals surface area contributed by atoms with Crippen molar-refractivity contribution < 1.29 is 9.59 Å². The first-order chi connectivity index (χ1) is 4.92. The van der Waals surface area contributed by atoms with Gasteiger partial charge in [0.25, 0.3) is 0 Å². The molecule has 0 saturated heterocycles. The van der Waals surface area contributed by atoms with E-state index in [1.807, 2.05) is 0 Å². The van der Waals surface area contributed by atoms with Gasteiger partial charge in [-0.1, -0.05) is 0 Å². The highest BCUT2D eigenvalue weighted by Crippen LogP contribution is 2.06. The van der Waals surface area contributed by atoms with E-state index in [1.54, 1.807) is 13.1 Å². The van der Waals surface area contributed by atoms with Gasteiger partial charge >= 0.3 is 6.03 Å². The molecule has 0 aromatic heterocycles. The molecule has 0 bridgehead atoms. The summed E-state index contributed by atoms with van der Waals surface area (Å²) in [5.41, 5.74) is 4.83. The van der Waals surface area contributed by atoms with Crippen molar-refractivity contribution in [2.75, 3.05) is 6.54 Å². The van der Waals surface area contributed by atoms with Crippen LogP contribution in [0.2, 0.25) is 19.1 Å². The molecule has 0 atom stereocenters. The van der Waals surface area contributed by atoms with Crippen molar-refractivity contribution in [2.45, 2.75) is 25.6 Å². The Kier molecular flexibility index (Phi) is 4.13. The molecule has 4 nitrogen and oxygen atoms in total. The number of carbonyl (C=O) groups is 1. The van der Waals surface area contributed by atoms with Crippen LogP contribution in [-0.4, -0.2) is 20.9 Å². The largest absolute Gasteiger partial charge is 0.352 e. The van der Waals surface area contributed by atoms with Crippen molar-refractivity contribution in [2.24, 2.45) is 5.73 Å². The van der Waals surface area contributed by atoms with E-state index in [0.29, 0.717) is 12.6 Å². The van der Waals surface area contributed by atoms with Crippen LogP contribution in [0.25, 0.3) is 0 Å². The average molecular weight is 175 g/mol. The third kappa shape index (κ3) is 9.45. The number of amides is 2. The SMILES string of the molecule is C[Si](C)([O])CCCNC(N)=O. The molecule has 2 amide bonds. The molecule has 0 aliphatic heterocycles. The fourth-order valence-corrected chi connectivity index (χ4v) is 1.75. The van der Waals surface area contributed by atoms with Crippen molar-refractivity contribution in [1.29, 1.82) is 0 Å². The molecule has 0 aromatic carbocycles. The topological polar surface area (TPSA) is 75.0 Å². The molecular weight excluding hydrogens is 160 g/mol. The fraction of sp³-hybridized carbons (Fsp3) is 0.833. The molecule has 0 saturated carbocycles. The number of nitrogens with one attached hydrogen (secondary N) is 1. The van der Waals surface area contributed by atoms with Gasteiger partial charge in [0, 0.05) is 6.54 Å². The minimum absolute atomic E-state index is 0.518. The van der Waals surface area contributed by atoms with Crippen LogP contribution in [0.5, 0.6) is 0 Å². The Morgan fingerprint density at radius 3 is 2.45 bits per heavy atom. The average Bonchev–Trinajstić information content (AvgIpc) is 1.78. The Balaban J connectivity index is 3.22. The molecule has 0 aliphatic carbocycles. The third-order valence-corrected chi connectivity index (χ3v) is 2.81. The van der Waals surface area contributed by atoms with Crippen molar-refractivity contribution in [3.05, 3.63) is 0 Å². The van der Waals surface area contributed by atoms with Crippen LogP contribution in [0.15, 0.2) is 0 Å². The second-order valence-corrected chi connectivity index (χ2v) is 7.17. The van der Waals surface area contributed by atoms with Crippen LogP contribution in [0, 0.1) is 0 Å². The molecule has 0 unspecified atom stereocenters. The van der Waals surface area contributed by atoms with Gasteiger partial charge in [-0.25, -0.2) is 4.79 Å². The van der Waals surface area contributed by atoms with E-state index in [9.17, 15) is 9.59 Å². The molecule has 5 heteroatoms. The molecule has 0 spiro atoms. The zero-order valence-corrected chi connectivity index (χ0v) is 8.02. The second kappa shape index (κ2) is 4.35. The van der Waals surface area contributed by atoms with Gasteiger partial charge in [-0.15, -0.1) is 0 Å². The maximum absolute atomic E-state index is 11.1. The maximum Gasteiger partial charge on any atom is 0.312 e. The van der Waals surface area contributed by atoms with Crippen molar-refractivity contribution >= 4 is 14.3 Å². The van der Waals surface area contributed by atoms with Gasteiger partial charge < -0.3 is 11.1 Å². The molecule has 0 aromatic rings. The lowest BCUT2D eigenvalue weighted by molar-refractivity contribution is 0.249. The van der Waals surface area contributed by atoms with Crippen molar-refractivity contribution in [1.82, 2.24) is 5.32 Å². The number of urea groups is 1. The van der Waals surface area contributed by atoms with E-state index >= 15 is 0 Å². The minimum atomic E-state index is -2.17. The number of carbonyl (C=O) groups excluding carboxylic acids is 1. The first-order valence-electron chi connectivity index (χ1n) is 3.65. The lowest BCUT2D eigenvalue weighted by atomic mass is 10.5. The number of primary amides is 1. The first kappa shape index (κ1) is 10.4. The predicted octanol–water partition coefficient (Wildman–Crippen LogP) is 0.680. The number of hydrogen-bond donors (Lipinski definition) is 2. The zero-order chi connectivity index (χ0) is 8.91. The van der Waals surface area contributed by atoms with Gasteiger partial charge in [-0.3, -0.25) is 4.80 Å². The van der Waals surface area contributed by atoms with Gasteiger partial charge in [0.15, 0.2) is 0 Å². The highest BCUT2D eigenvalue weighted by atomic mass is 28.4. The molecule has 0 rings (SSSR count). The Labute approximate surface area is 67.9 Å². The van der Waals surface area contributed by atoms with E-state index in [-0.39, 0.29) is 0 Å². The van der Waals surface area contributed by atoms with Crippen LogP contribution in [0.1, 0.15) is 6.42 Å². The zero-order valence-electron chi connectivity index (χ0n) is 7.02. The van der Waals surface area contributed by atoms with Gasteiger partial charge in [0.2, 0.25) is 8.32 Å². The Morgan fingerprint density at radius 2 is 2.09 bits per heavy atom. The van der Waals surface area contributed by atoms with E-state index in [1.165, 1.54) is 0 Å². The van der Waals surface area contributed by atoms with E-state index in [0.717, 1.165) is 6.42 Å². The lowest BCUT2D eigenvalue weighted by Crippen LogP contribution is -2.31. The standard InChI is InChI=1S/C6H15N2O2Si/c1-11(2,10)5-3-4-8-6(7)9/h3-5H2,1-2H3,(H3,7,8,9). The molecule has 0 heterocycles. The summed E-state index contributed by atoms with van der Waals surface area (Å²) < 4.78 is 0. The molecule has 1 radical (unpaired) electrons. The summed E-state index contributed by atoms with van der Waals surface area (Å²) in [6.07, 6.45) is 0.742. The maximum atomic E-state index is 11.1. The highest BCUT2D eigenvalue weighted by Gasteiger charge is 2.18. The van der Waals surface area contributed by atoms with Gasteiger partial charge in [0.05, 0.1) is 0 Å². The molecule has 65 valence electrons. The van der Waals surface area contributed by atoms with Crippen LogP contribution in [0.4, 0.5) is 4.79 Å². The molecule has 0 aliphatic rings. The van der Waals surface area contributed by atoms with Gasteiger partial charge in [-0.05, 0) is 25.6 Å². The van der Waals surface area contributed by atoms with Gasteiger partial charge in [0.1, 0.15) is 0 Å². The van der Waals surface area contributed by atoms with Crippen LogP contribution in [0.3, 0.4) is 0 Å². The summed E-state index contributed by atoms with van der Waals surface area (Å²) in [7, 11) is -2.17. The van der Waals surface area contributed by atoms with E-state index < -0.39 is 14.3 Å². The molecular formula is C6H15N2O2Si. The van der Waals surface area contributed by atoms with Gasteiger partial charge in [-0.2, -0.15) is 0 Å². The lowest BCUT2D eigenvalue weighted by Gasteiger charge is -2.09. The van der Waals surface area contributed by atoms with Crippen LogP contribution >= 0.6 is 0 Å². The van der Waals surface area contributed by atoms with Crippen LogP contribution in [-0.2, 0) is 4.80 Å². The molecule has 11 heavy (non-hydrogen) atoms. The third-order valence-electron chi connectivity index (χ3n) is 1.25. The fourth-order valence-electron chi connectivity index (χ4n) is 0.726. The summed E-state index contributed by atoms with van der Waals surface area (Å²) in [6.45, 7) is 4.04. The number of hydrogen-bond acceptors (Lipinski definition) is 1. The molecule has 3 N–H and O–H groups in total. The summed E-state index contributed by atoms with van der Waals surface area (Å²) in [5.74, 6) is 0. The van der Waals surface area contributed by atoms with E-state index in [2.05, 4.69) is 5.32 Å². The molecule has 0 fully saturated rings. The summed E-state index contributed by atoms with van der Waals surface area (Å²) >= 11 is 0. The number of nitrogens with two attached hydrogens (primary N) is 1. The Bertz CT molecular complexity index is 133. The van der Waals surface area contributed by atoms with Crippen molar-refractivity contribution in [3.8, 4) is 0 Å². The monoisotopic (exact) mass is 175 g/mol. The highest BCUT2D eigenvalue weighted by molar-refractivity contribution is 6.69. The first-order valence-corrected chi connectivity index (χ1v) is 6.77. The summed E-state index contributed by atoms with van der Waals surface area (Å²) in [6, 6.07) is 0.170. The Hall–Kier alpha value is -0.553. The smallest absolute Gasteiger partial charge is 0.312 e. The number of rotatable bonds is 4. The van der Waals surface area contributed by atoms with Crippen molar-refractivity contribution in [3.63, 3.8) is 0 Å². The van der Waals surface area contributed by atoms with Crippen LogP contribution < -0.4 is 11.1 Å². The minimum Gasteiger partial charge on any atom is -0.352 e. The summed E-state index contributed by atoms with van der Waals surface area (Å²) in [5, 5.41) is 2.44. The summed E-state index contributed by atoms with van der Waals surface area (Å²) in [4.78, 5) is 21.3. The quantitative estimate of drug-likeness (QED) is 0.478. The predicted molar refractivity (Wildman–Crippen MR) is 45.2 cm³/mol.